The first-order valence-electron chi connectivity index (χ1n) is 11.0. The molecule has 0 saturated carbocycles. The van der Waals surface area contributed by atoms with Crippen LogP contribution in [0.15, 0.2) is 61.3 Å². The lowest BCUT2D eigenvalue weighted by atomic mass is 9.85. The quantitative estimate of drug-likeness (QED) is 0.378. The fourth-order valence-corrected chi connectivity index (χ4v) is 4.62. The summed E-state index contributed by atoms with van der Waals surface area (Å²) in [7, 11) is 0. The van der Waals surface area contributed by atoms with Crippen LogP contribution < -0.4 is 9.25 Å². The van der Waals surface area contributed by atoms with E-state index in [0.29, 0.717) is 19.6 Å². The second kappa shape index (κ2) is 8.69. The van der Waals surface area contributed by atoms with Crippen molar-refractivity contribution in [3.05, 3.63) is 90.2 Å². The molecule has 2 aromatic heterocycles. The molecule has 10 heteroatoms. The highest BCUT2D eigenvalue weighted by molar-refractivity contribution is 5.57. The summed E-state index contributed by atoms with van der Waals surface area (Å²) in [5, 5.41) is 14.8. The summed E-state index contributed by atoms with van der Waals surface area (Å²) in [6, 6.07) is 8.96. The lowest BCUT2D eigenvalue weighted by Crippen LogP contribution is -2.60. The highest BCUT2D eigenvalue weighted by Crippen LogP contribution is 2.32. The number of H-pyrrole nitrogens is 2. The Labute approximate surface area is 194 Å². The number of aromatic nitrogens is 5. The fourth-order valence-electron chi connectivity index (χ4n) is 4.62. The van der Waals surface area contributed by atoms with E-state index in [1.165, 1.54) is 30.9 Å². The molecule has 3 N–H and O–H groups in total. The van der Waals surface area contributed by atoms with Crippen molar-refractivity contribution in [2.75, 3.05) is 6.54 Å². The first-order chi connectivity index (χ1) is 16.3. The third-order valence-corrected chi connectivity index (χ3v) is 6.60. The summed E-state index contributed by atoms with van der Waals surface area (Å²) >= 11 is 0. The molecule has 2 aromatic carbocycles. The molecule has 4 aromatic rings. The highest BCUT2D eigenvalue weighted by atomic mass is 19.1. The van der Waals surface area contributed by atoms with Crippen molar-refractivity contribution in [1.82, 2.24) is 20.0 Å². The van der Waals surface area contributed by atoms with Crippen molar-refractivity contribution in [3.63, 3.8) is 0 Å². The van der Waals surface area contributed by atoms with E-state index >= 15 is 0 Å². The van der Waals surface area contributed by atoms with Gasteiger partial charge in [-0.1, -0.05) is 6.07 Å². The van der Waals surface area contributed by atoms with Gasteiger partial charge in [-0.2, -0.15) is 9.78 Å². The molecule has 3 heterocycles. The topological polar surface area (TPSA) is 75.7 Å². The van der Waals surface area contributed by atoms with Gasteiger partial charge in [-0.15, -0.1) is 0 Å². The zero-order valence-electron chi connectivity index (χ0n) is 18.5. The van der Waals surface area contributed by atoms with Crippen molar-refractivity contribution in [2.24, 2.45) is 0 Å². The monoisotopic (exact) mass is 470 g/mol. The zero-order valence-corrected chi connectivity index (χ0v) is 18.5. The van der Waals surface area contributed by atoms with Crippen LogP contribution in [0.1, 0.15) is 18.3 Å². The SMILES string of the molecule is C[C@@H](N1CC[n+]2cc(-c3ccc(F)cc3)[nH]c2C1)[C@](O)(C[n+]1cnc[nH]1)c1ccc(F)cc1F. The van der Waals surface area contributed by atoms with Crippen molar-refractivity contribution >= 4 is 0 Å². The fraction of sp³-hybridized carbons (Fsp3) is 0.292. The summed E-state index contributed by atoms with van der Waals surface area (Å²) in [6.07, 6.45) is 4.95. The van der Waals surface area contributed by atoms with Gasteiger partial charge in [0, 0.05) is 29.8 Å². The number of aromatic amines is 2. The Hall–Kier alpha value is -3.50. The summed E-state index contributed by atoms with van der Waals surface area (Å²) < 4.78 is 45.4. The van der Waals surface area contributed by atoms with Crippen LogP contribution >= 0.6 is 0 Å². The van der Waals surface area contributed by atoms with Gasteiger partial charge in [0.15, 0.2) is 5.69 Å². The molecule has 0 fully saturated rings. The molecule has 1 aliphatic heterocycles. The molecule has 5 rings (SSSR count). The van der Waals surface area contributed by atoms with Crippen molar-refractivity contribution in [3.8, 4) is 11.3 Å². The van der Waals surface area contributed by atoms with Crippen LogP contribution in [0.2, 0.25) is 0 Å². The molecule has 34 heavy (non-hydrogen) atoms. The van der Waals surface area contributed by atoms with Crippen molar-refractivity contribution in [2.45, 2.75) is 38.2 Å². The van der Waals surface area contributed by atoms with Crippen LogP contribution in [-0.4, -0.2) is 37.7 Å². The maximum Gasteiger partial charge on any atom is 0.306 e. The number of nitrogens with zero attached hydrogens (tertiary/aromatic N) is 4. The van der Waals surface area contributed by atoms with E-state index in [-0.39, 0.29) is 17.9 Å². The summed E-state index contributed by atoms with van der Waals surface area (Å²) in [4.78, 5) is 9.41. The van der Waals surface area contributed by atoms with Crippen LogP contribution in [-0.2, 0) is 25.2 Å². The number of halogens is 3. The second-order valence-electron chi connectivity index (χ2n) is 8.66. The van der Waals surface area contributed by atoms with Gasteiger partial charge in [0.2, 0.25) is 6.33 Å². The largest absolute Gasteiger partial charge is 0.379 e. The molecule has 0 bridgehead atoms. The molecule has 0 saturated heterocycles. The minimum Gasteiger partial charge on any atom is -0.379 e. The summed E-state index contributed by atoms with van der Waals surface area (Å²) in [5.41, 5.74) is 0.0602. The Morgan fingerprint density at radius 2 is 1.91 bits per heavy atom. The predicted octanol–water partition coefficient (Wildman–Crippen LogP) is 2.19. The summed E-state index contributed by atoms with van der Waals surface area (Å²) in [6.45, 7) is 3.56. The van der Waals surface area contributed by atoms with Crippen LogP contribution in [0.25, 0.3) is 11.3 Å². The molecule has 176 valence electrons. The van der Waals surface area contributed by atoms with Gasteiger partial charge in [-0.05, 0) is 42.2 Å². The third-order valence-electron chi connectivity index (χ3n) is 6.60. The number of benzene rings is 2. The minimum absolute atomic E-state index is 0.00122. The Morgan fingerprint density at radius 3 is 2.62 bits per heavy atom. The van der Waals surface area contributed by atoms with Gasteiger partial charge in [0.05, 0.1) is 0 Å². The molecular weight excluding hydrogens is 445 g/mol. The minimum atomic E-state index is -1.68. The number of imidazole rings is 1. The van der Waals surface area contributed by atoms with Crippen molar-refractivity contribution in [1.29, 1.82) is 0 Å². The number of nitrogens with one attached hydrogen (secondary N) is 2. The van der Waals surface area contributed by atoms with Gasteiger partial charge in [0.25, 0.3) is 5.82 Å². The first kappa shape index (κ1) is 22.3. The number of aliphatic hydroxyl groups is 1. The molecule has 1 aliphatic rings. The van der Waals surface area contributed by atoms with E-state index in [4.69, 9.17) is 0 Å². The Kier molecular flexibility index (Phi) is 5.70. The molecule has 0 spiro atoms. The van der Waals surface area contributed by atoms with Crippen LogP contribution in [0, 0.1) is 17.5 Å². The number of hydrogen-bond acceptors (Lipinski definition) is 3. The van der Waals surface area contributed by atoms with Gasteiger partial charge < -0.3 is 5.11 Å². The molecule has 0 amide bonds. The number of rotatable bonds is 6. The summed E-state index contributed by atoms with van der Waals surface area (Å²) in [5.74, 6) is -0.895. The standard InChI is InChI=1S/C24H23F3N6O/c1-16(24(34,13-33-15-28-14-29-33)20-7-6-19(26)10-21(20)27)31-8-9-32-11-22(30-23(32)12-31)17-2-4-18(25)5-3-17/h2-7,10-11,14-16,34H,8-9,12-13H2,1H3/p+2/t16-,24-/m1/s1. The molecule has 0 radical (unpaired) electrons. The van der Waals surface area contributed by atoms with Crippen LogP contribution in [0.3, 0.4) is 0 Å². The molecule has 2 atom stereocenters. The van der Waals surface area contributed by atoms with Gasteiger partial charge in [-0.25, -0.2) is 22.7 Å². The average molecular weight is 470 g/mol. The molecule has 0 unspecified atom stereocenters. The Morgan fingerprint density at radius 1 is 1.15 bits per heavy atom. The normalized spacial score (nSPS) is 16.7. The lowest BCUT2D eigenvalue weighted by molar-refractivity contribution is -0.765. The molecular formula is C24H25F3N6O+2. The Bertz CT molecular complexity index is 1290. The lowest BCUT2D eigenvalue weighted by Gasteiger charge is -2.40. The van der Waals surface area contributed by atoms with E-state index in [9.17, 15) is 18.3 Å². The van der Waals surface area contributed by atoms with Gasteiger partial charge >= 0.3 is 6.33 Å². The highest BCUT2D eigenvalue weighted by Gasteiger charge is 2.45. The van der Waals surface area contributed by atoms with E-state index < -0.39 is 23.3 Å². The third kappa shape index (κ3) is 4.10. The first-order valence-corrected chi connectivity index (χ1v) is 11.0. The van der Waals surface area contributed by atoms with Gasteiger partial charge in [-0.3, -0.25) is 4.90 Å². The second-order valence-corrected chi connectivity index (χ2v) is 8.66. The number of hydrogen-bond donors (Lipinski definition) is 3. The van der Waals surface area contributed by atoms with E-state index in [1.807, 2.05) is 13.1 Å². The van der Waals surface area contributed by atoms with Crippen LogP contribution in [0.4, 0.5) is 13.2 Å². The number of fused-ring (bicyclic) bond motifs is 1. The predicted molar refractivity (Wildman–Crippen MR) is 115 cm³/mol. The van der Waals surface area contributed by atoms with Crippen LogP contribution in [0.5, 0.6) is 0 Å². The smallest absolute Gasteiger partial charge is 0.306 e. The van der Waals surface area contributed by atoms with Crippen molar-refractivity contribution < 1.29 is 27.5 Å². The molecule has 7 nitrogen and oxygen atoms in total. The Balaban J connectivity index is 1.45. The zero-order chi connectivity index (χ0) is 23.9. The average Bonchev–Trinajstić information content (AvgIpc) is 3.48. The van der Waals surface area contributed by atoms with E-state index in [2.05, 4.69) is 24.5 Å². The molecule has 0 aliphatic carbocycles. The maximum absolute atomic E-state index is 14.9. The maximum atomic E-state index is 14.9. The van der Waals surface area contributed by atoms with Gasteiger partial charge in [0.1, 0.15) is 48.9 Å². The van der Waals surface area contributed by atoms with E-state index in [1.54, 1.807) is 16.8 Å². The van der Waals surface area contributed by atoms with E-state index in [0.717, 1.165) is 29.2 Å².